The summed E-state index contributed by atoms with van der Waals surface area (Å²) in [4.78, 5) is 28.3. The van der Waals surface area contributed by atoms with Crippen molar-refractivity contribution >= 4 is 17.5 Å². The fourth-order valence-electron chi connectivity index (χ4n) is 2.50. The molecule has 0 saturated carbocycles. The predicted octanol–water partition coefficient (Wildman–Crippen LogP) is 0.904. The van der Waals surface area contributed by atoms with Crippen molar-refractivity contribution in [3.8, 4) is 5.75 Å². The number of phenols is 1. The molecule has 0 fully saturated rings. The molecule has 0 aliphatic heterocycles. The Hall–Kier alpha value is -3.89. The van der Waals surface area contributed by atoms with Gasteiger partial charge in [0.05, 0.1) is 24.0 Å². The van der Waals surface area contributed by atoms with Crippen molar-refractivity contribution in [2.45, 2.75) is 13.5 Å². The van der Waals surface area contributed by atoms with E-state index in [0.29, 0.717) is 12.1 Å². The second kappa shape index (κ2) is 8.20. The molecule has 11 heteroatoms. The van der Waals surface area contributed by atoms with Gasteiger partial charge in [-0.2, -0.15) is 0 Å². The molecule has 3 aromatic rings. The number of aromatic nitrogens is 5. The van der Waals surface area contributed by atoms with Gasteiger partial charge in [0.25, 0.3) is 11.8 Å². The Labute approximate surface area is 158 Å². The molecule has 0 spiro atoms. The Balaban J connectivity index is 1.75. The van der Waals surface area contributed by atoms with Crippen LogP contribution in [-0.4, -0.2) is 48.7 Å². The molecule has 0 aliphatic carbocycles. The fourth-order valence-corrected chi connectivity index (χ4v) is 2.50. The van der Waals surface area contributed by atoms with Crippen LogP contribution < -0.4 is 10.6 Å². The number of nitrogens with one attached hydrogen (secondary N) is 2. The normalized spacial score (nSPS) is 10.5. The minimum absolute atomic E-state index is 0.0225. The predicted molar refractivity (Wildman–Crippen MR) is 95.1 cm³/mol. The summed E-state index contributed by atoms with van der Waals surface area (Å²) in [6, 6.07) is 3.92. The lowest BCUT2D eigenvalue weighted by atomic mass is 10.0. The summed E-state index contributed by atoms with van der Waals surface area (Å²) in [5, 5.41) is 25.9. The van der Waals surface area contributed by atoms with E-state index in [1.165, 1.54) is 35.4 Å². The number of anilines is 1. The number of carbonyl (C=O) groups is 2. The third kappa shape index (κ3) is 4.09. The summed E-state index contributed by atoms with van der Waals surface area (Å²) >= 11 is 0. The van der Waals surface area contributed by atoms with E-state index in [4.69, 9.17) is 0 Å². The zero-order valence-corrected chi connectivity index (χ0v) is 14.8. The second-order valence-electron chi connectivity index (χ2n) is 5.77. The highest BCUT2D eigenvalue weighted by Gasteiger charge is 2.19. The monoisotopic (exact) mass is 385 g/mol. The minimum Gasteiger partial charge on any atom is -0.506 e. The van der Waals surface area contributed by atoms with Gasteiger partial charge in [-0.05, 0) is 41.1 Å². The standard InChI is InChI=1S/C17H16FN7O3/c1-10-11(16(27)20-6-7-25-9-21-23-24-25)2-3-14(26)15(10)22-17(28)12-4-5-19-8-13(12)18/h2-5,8-9,26H,6-7H2,1H3,(H,20,27)(H,22,28). The molecule has 10 nitrogen and oxygen atoms in total. The molecule has 2 heterocycles. The lowest BCUT2D eigenvalue weighted by Crippen LogP contribution is -2.28. The Kier molecular flexibility index (Phi) is 5.53. The van der Waals surface area contributed by atoms with E-state index in [1.807, 2.05) is 0 Å². The van der Waals surface area contributed by atoms with Crippen LogP contribution in [0.3, 0.4) is 0 Å². The summed E-state index contributed by atoms with van der Waals surface area (Å²) in [6.07, 6.45) is 3.61. The lowest BCUT2D eigenvalue weighted by molar-refractivity contribution is 0.0949. The Morgan fingerprint density at radius 1 is 1.21 bits per heavy atom. The van der Waals surface area contributed by atoms with Gasteiger partial charge >= 0.3 is 0 Å². The maximum absolute atomic E-state index is 13.7. The average Bonchev–Trinajstić information content (AvgIpc) is 3.18. The van der Waals surface area contributed by atoms with E-state index < -0.39 is 17.6 Å². The summed E-state index contributed by atoms with van der Waals surface area (Å²) in [5.74, 6) is -2.22. The van der Waals surface area contributed by atoms with Gasteiger partial charge in [-0.3, -0.25) is 14.6 Å². The van der Waals surface area contributed by atoms with E-state index in [9.17, 15) is 19.1 Å². The number of halogens is 1. The van der Waals surface area contributed by atoms with E-state index >= 15 is 0 Å². The largest absolute Gasteiger partial charge is 0.506 e. The number of benzene rings is 1. The zero-order valence-electron chi connectivity index (χ0n) is 14.8. The van der Waals surface area contributed by atoms with Crippen molar-refractivity contribution in [3.05, 3.63) is 59.4 Å². The van der Waals surface area contributed by atoms with Crippen LogP contribution in [0.15, 0.2) is 36.9 Å². The quantitative estimate of drug-likeness (QED) is 0.537. The molecule has 0 radical (unpaired) electrons. The number of hydrogen-bond acceptors (Lipinski definition) is 7. The highest BCUT2D eigenvalue weighted by molar-refractivity contribution is 6.07. The first-order chi connectivity index (χ1) is 13.5. The molecule has 0 unspecified atom stereocenters. The maximum atomic E-state index is 13.7. The Morgan fingerprint density at radius 3 is 2.75 bits per heavy atom. The molecule has 3 rings (SSSR count). The van der Waals surface area contributed by atoms with Crippen LogP contribution in [0.25, 0.3) is 0 Å². The number of amides is 2. The average molecular weight is 385 g/mol. The van der Waals surface area contributed by atoms with Gasteiger partial charge < -0.3 is 15.7 Å². The number of hydrogen-bond donors (Lipinski definition) is 3. The molecular formula is C17H16FN7O3. The number of carbonyl (C=O) groups excluding carboxylic acids is 2. The van der Waals surface area contributed by atoms with Gasteiger partial charge in [-0.1, -0.05) is 0 Å². The smallest absolute Gasteiger partial charge is 0.258 e. The van der Waals surface area contributed by atoms with E-state index in [-0.39, 0.29) is 29.1 Å². The van der Waals surface area contributed by atoms with Crippen LogP contribution >= 0.6 is 0 Å². The SMILES string of the molecule is Cc1c(C(=O)NCCn2cnnn2)ccc(O)c1NC(=O)c1ccncc1F. The van der Waals surface area contributed by atoms with Crippen LogP contribution in [-0.2, 0) is 6.54 Å². The number of nitrogens with zero attached hydrogens (tertiary/aromatic N) is 5. The van der Waals surface area contributed by atoms with Crippen LogP contribution in [0.4, 0.5) is 10.1 Å². The van der Waals surface area contributed by atoms with Crippen molar-refractivity contribution in [1.82, 2.24) is 30.5 Å². The van der Waals surface area contributed by atoms with Gasteiger partial charge in [-0.15, -0.1) is 5.10 Å². The molecule has 0 aliphatic rings. The van der Waals surface area contributed by atoms with Crippen LogP contribution in [0.5, 0.6) is 5.75 Å². The third-order valence-electron chi connectivity index (χ3n) is 3.96. The molecule has 1 aromatic carbocycles. The van der Waals surface area contributed by atoms with Crippen LogP contribution in [0.2, 0.25) is 0 Å². The van der Waals surface area contributed by atoms with E-state index in [0.717, 1.165) is 6.20 Å². The third-order valence-corrected chi connectivity index (χ3v) is 3.96. The van der Waals surface area contributed by atoms with Gasteiger partial charge in [0.1, 0.15) is 12.1 Å². The fraction of sp³-hybridized carbons (Fsp3) is 0.176. The highest BCUT2D eigenvalue weighted by atomic mass is 19.1. The van der Waals surface area contributed by atoms with Crippen LogP contribution in [0, 0.1) is 12.7 Å². The number of aromatic hydroxyl groups is 1. The molecule has 28 heavy (non-hydrogen) atoms. The van der Waals surface area contributed by atoms with Crippen molar-refractivity contribution < 1.29 is 19.1 Å². The summed E-state index contributed by atoms with van der Waals surface area (Å²) in [6.45, 7) is 2.21. The van der Waals surface area contributed by atoms with Gasteiger partial charge in [-0.25, -0.2) is 9.07 Å². The lowest BCUT2D eigenvalue weighted by Gasteiger charge is -2.14. The van der Waals surface area contributed by atoms with E-state index in [2.05, 4.69) is 31.1 Å². The topological polar surface area (TPSA) is 135 Å². The second-order valence-corrected chi connectivity index (χ2v) is 5.77. The minimum atomic E-state index is -0.798. The van der Waals surface area contributed by atoms with Crippen molar-refractivity contribution in [2.24, 2.45) is 0 Å². The maximum Gasteiger partial charge on any atom is 0.258 e. The molecule has 0 saturated heterocycles. The molecule has 2 aromatic heterocycles. The van der Waals surface area contributed by atoms with E-state index in [1.54, 1.807) is 6.92 Å². The number of phenolic OH excluding ortho intramolecular Hbond substituents is 1. The Morgan fingerprint density at radius 2 is 2.04 bits per heavy atom. The first kappa shape index (κ1) is 18.9. The first-order valence-corrected chi connectivity index (χ1v) is 8.19. The van der Waals surface area contributed by atoms with Gasteiger partial charge in [0.2, 0.25) is 0 Å². The van der Waals surface area contributed by atoms with Crippen LogP contribution in [0.1, 0.15) is 26.3 Å². The van der Waals surface area contributed by atoms with Crippen molar-refractivity contribution in [1.29, 1.82) is 0 Å². The Bertz CT molecular complexity index is 1010. The molecule has 2 amide bonds. The van der Waals surface area contributed by atoms with Gasteiger partial charge in [0, 0.05) is 18.3 Å². The molecular weight excluding hydrogens is 369 g/mol. The molecule has 0 atom stereocenters. The molecule has 3 N–H and O–H groups in total. The van der Waals surface area contributed by atoms with Crippen molar-refractivity contribution in [2.75, 3.05) is 11.9 Å². The number of rotatable bonds is 6. The zero-order chi connectivity index (χ0) is 20.1. The summed E-state index contributed by atoms with van der Waals surface area (Å²) in [5.41, 5.74) is 0.377. The molecule has 0 bridgehead atoms. The van der Waals surface area contributed by atoms with Gasteiger partial charge in [0.15, 0.2) is 5.82 Å². The first-order valence-electron chi connectivity index (χ1n) is 8.19. The van der Waals surface area contributed by atoms with Crippen molar-refractivity contribution in [3.63, 3.8) is 0 Å². The summed E-state index contributed by atoms with van der Waals surface area (Å²) in [7, 11) is 0. The number of pyridine rings is 1. The highest BCUT2D eigenvalue weighted by Crippen LogP contribution is 2.30. The summed E-state index contributed by atoms with van der Waals surface area (Å²) < 4.78 is 15.2. The number of tetrazole rings is 1. The molecule has 144 valence electrons.